The second-order valence-corrected chi connectivity index (χ2v) is 3.67. The van der Waals surface area contributed by atoms with Crippen LogP contribution in [0, 0.1) is 5.92 Å². The summed E-state index contributed by atoms with van der Waals surface area (Å²) in [5, 5.41) is 0. The van der Waals surface area contributed by atoms with E-state index in [1.807, 2.05) is 0 Å². The summed E-state index contributed by atoms with van der Waals surface area (Å²) in [6, 6.07) is 0. The zero-order valence-corrected chi connectivity index (χ0v) is 10.6. The molecule has 5 nitrogen and oxygen atoms in total. The molecule has 0 spiro atoms. The van der Waals surface area contributed by atoms with Gasteiger partial charge in [-0.2, -0.15) is 0 Å². The largest absolute Gasteiger partial charge is 0.469 e. The van der Waals surface area contributed by atoms with Gasteiger partial charge >= 0.3 is 11.9 Å². The SMILES string of the molecule is COC(=O)C/C(=C(/C)CC=O)C(C)C(=O)OC. The Labute approximate surface area is 101 Å². The topological polar surface area (TPSA) is 69.7 Å². The number of aldehydes is 1. The highest BCUT2D eigenvalue weighted by atomic mass is 16.5. The summed E-state index contributed by atoms with van der Waals surface area (Å²) in [5.41, 5.74) is 1.28. The Bertz CT molecular complexity index is 330. The van der Waals surface area contributed by atoms with E-state index in [2.05, 4.69) is 9.47 Å². The van der Waals surface area contributed by atoms with Crippen LogP contribution < -0.4 is 0 Å². The van der Waals surface area contributed by atoms with Gasteiger partial charge in [0, 0.05) is 6.42 Å². The molecule has 0 aromatic heterocycles. The van der Waals surface area contributed by atoms with E-state index in [4.69, 9.17) is 0 Å². The maximum atomic E-state index is 11.4. The molecule has 0 rings (SSSR count). The first-order valence-corrected chi connectivity index (χ1v) is 5.24. The smallest absolute Gasteiger partial charge is 0.312 e. The van der Waals surface area contributed by atoms with Crippen molar-refractivity contribution in [2.24, 2.45) is 5.92 Å². The number of carbonyl (C=O) groups excluding carboxylic acids is 3. The summed E-state index contributed by atoms with van der Waals surface area (Å²) < 4.78 is 9.18. The van der Waals surface area contributed by atoms with Crippen LogP contribution >= 0.6 is 0 Å². The van der Waals surface area contributed by atoms with Crippen LogP contribution in [0.4, 0.5) is 0 Å². The maximum absolute atomic E-state index is 11.4. The molecule has 0 radical (unpaired) electrons. The lowest BCUT2D eigenvalue weighted by Crippen LogP contribution is -2.19. The monoisotopic (exact) mass is 242 g/mol. The number of rotatable bonds is 6. The molecule has 0 aromatic rings. The Morgan fingerprint density at radius 3 is 2.24 bits per heavy atom. The van der Waals surface area contributed by atoms with Crippen molar-refractivity contribution in [1.82, 2.24) is 0 Å². The van der Waals surface area contributed by atoms with Crippen LogP contribution in [0.25, 0.3) is 0 Å². The molecule has 1 atom stereocenters. The van der Waals surface area contributed by atoms with E-state index < -0.39 is 17.9 Å². The molecule has 0 amide bonds. The molecule has 0 saturated heterocycles. The summed E-state index contributed by atoms with van der Waals surface area (Å²) in [5.74, 6) is -1.44. The van der Waals surface area contributed by atoms with Crippen molar-refractivity contribution >= 4 is 18.2 Å². The van der Waals surface area contributed by atoms with Gasteiger partial charge in [-0.3, -0.25) is 9.59 Å². The van der Waals surface area contributed by atoms with Gasteiger partial charge in [0.05, 0.1) is 26.6 Å². The molecule has 0 aromatic carbocycles. The number of allylic oxidation sites excluding steroid dienone is 1. The summed E-state index contributed by atoms with van der Waals surface area (Å²) in [6.45, 7) is 3.35. The predicted molar refractivity (Wildman–Crippen MR) is 61.2 cm³/mol. The van der Waals surface area contributed by atoms with Gasteiger partial charge in [0.1, 0.15) is 6.29 Å². The number of carbonyl (C=O) groups is 3. The zero-order chi connectivity index (χ0) is 13.4. The molecule has 0 aliphatic heterocycles. The highest BCUT2D eigenvalue weighted by Crippen LogP contribution is 2.22. The summed E-state index contributed by atoms with van der Waals surface area (Å²) in [6.07, 6.45) is 0.913. The first-order valence-electron chi connectivity index (χ1n) is 5.24. The number of ether oxygens (including phenoxy) is 2. The van der Waals surface area contributed by atoms with Crippen molar-refractivity contribution in [2.75, 3.05) is 14.2 Å². The molecule has 17 heavy (non-hydrogen) atoms. The molecule has 0 heterocycles. The molecule has 0 bridgehead atoms. The first kappa shape index (κ1) is 15.3. The lowest BCUT2D eigenvalue weighted by molar-refractivity contribution is -0.144. The number of esters is 2. The van der Waals surface area contributed by atoms with Crippen molar-refractivity contribution in [1.29, 1.82) is 0 Å². The van der Waals surface area contributed by atoms with Crippen molar-refractivity contribution in [2.45, 2.75) is 26.7 Å². The van der Waals surface area contributed by atoms with E-state index in [9.17, 15) is 14.4 Å². The van der Waals surface area contributed by atoms with Crippen molar-refractivity contribution in [3.8, 4) is 0 Å². The van der Waals surface area contributed by atoms with E-state index in [0.29, 0.717) is 11.1 Å². The maximum Gasteiger partial charge on any atom is 0.312 e. The summed E-state index contributed by atoms with van der Waals surface area (Å²) in [4.78, 5) is 33.2. The van der Waals surface area contributed by atoms with Crippen LogP contribution in [-0.4, -0.2) is 32.4 Å². The molecule has 0 fully saturated rings. The highest BCUT2D eigenvalue weighted by molar-refractivity contribution is 5.80. The van der Waals surface area contributed by atoms with Gasteiger partial charge in [-0.25, -0.2) is 0 Å². The summed E-state index contributed by atoms with van der Waals surface area (Å²) in [7, 11) is 2.56. The van der Waals surface area contributed by atoms with Crippen LogP contribution in [0.2, 0.25) is 0 Å². The first-order chi connectivity index (χ1) is 7.97. The minimum absolute atomic E-state index is 0.00750. The average Bonchev–Trinajstić information content (AvgIpc) is 2.33. The fourth-order valence-corrected chi connectivity index (χ4v) is 1.48. The number of methoxy groups -OCH3 is 2. The third-order valence-corrected chi connectivity index (χ3v) is 2.58. The van der Waals surface area contributed by atoms with Crippen LogP contribution in [0.5, 0.6) is 0 Å². The third kappa shape index (κ3) is 4.80. The second-order valence-electron chi connectivity index (χ2n) is 3.67. The average molecular weight is 242 g/mol. The minimum Gasteiger partial charge on any atom is -0.469 e. The quantitative estimate of drug-likeness (QED) is 0.398. The fraction of sp³-hybridized carbons (Fsp3) is 0.583. The van der Waals surface area contributed by atoms with E-state index in [0.717, 1.165) is 6.29 Å². The predicted octanol–water partition coefficient (Wildman–Crippen LogP) is 1.26. The van der Waals surface area contributed by atoms with Gasteiger partial charge < -0.3 is 14.3 Å². The van der Waals surface area contributed by atoms with Crippen molar-refractivity contribution < 1.29 is 23.9 Å². The minimum atomic E-state index is -0.556. The van der Waals surface area contributed by atoms with E-state index in [1.54, 1.807) is 13.8 Å². The van der Waals surface area contributed by atoms with Gasteiger partial charge in [-0.1, -0.05) is 5.57 Å². The molecule has 5 heteroatoms. The Balaban J connectivity index is 5.09. The van der Waals surface area contributed by atoms with Gasteiger partial charge in [0.15, 0.2) is 0 Å². The normalized spacial score (nSPS) is 13.4. The molecule has 0 aliphatic carbocycles. The summed E-state index contributed by atoms with van der Waals surface area (Å²) >= 11 is 0. The molecule has 0 saturated carbocycles. The van der Waals surface area contributed by atoms with Gasteiger partial charge in [0.2, 0.25) is 0 Å². The molecule has 0 aliphatic rings. The molecular formula is C12H18O5. The number of hydrogen-bond donors (Lipinski definition) is 0. The highest BCUT2D eigenvalue weighted by Gasteiger charge is 2.22. The van der Waals surface area contributed by atoms with Crippen molar-refractivity contribution in [3.05, 3.63) is 11.1 Å². The Hall–Kier alpha value is -1.65. The molecular weight excluding hydrogens is 224 g/mol. The Morgan fingerprint density at radius 2 is 1.82 bits per heavy atom. The molecule has 96 valence electrons. The van der Waals surface area contributed by atoms with E-state index in [1.165, 1.54) is 14.2 Å². The van der Waals surface area contributed by atoms with Gasteiger partial charge in [0.25, 0.3) is 0 Å². The second kappa shape index (κ2) is 7.60. The molecule has 0 N–H and O–H groups in total. The van der Waals surface area contributed by atoms with Crippen molar-refractivity contribution in [3.63, 3.8) is 0 Å². The van der Waals surface area contributed by atoms with Crippen LogP contribution in [-0.2, 0) is 23.9 Å². The fourth-order valence-electron chi connectivity index (χ4n) is 1.48. The van der Waals surface area contributed by atoms with Gasteiger partial charge in [-0.05, 0) is 19.4 Å². The van der Waals surface area contributed by atoms with Gasteiger partial charge in [-0.15, -0.1) is 0 Å². The Kier molecular flexibility index (Phi) is 6.86. The lowest BCUT2D eigenvalue weighted by Gasteiger charge is -2.15. The standard InChI is InChI=1S/C12H18O5/c1-8(5-6-13)10(7-11(14)16-3)9(2)12(15)17-4/h6,9H,5,7H2,1-4H3/b10-8+. The number of hydrogen-bond acceptors (Lipinski definition) is 5. The third-order valence-electron chi connectivity index (χ3n) is 2.58. The molecule has 1 unspecified atom stereocenters. The lowest BCUT2D eigenvalue weighted by atomic mass is 9.92. The van der Waals surface area contributed by atoms with E-state index >= 15 is 0 Å². The van der Waals surface area contributed by atoms with Crippen LogP contribution in [0.1, 0.15) is 26.7 Å². The van der Waals surface area contributed by atoms with Crippen LogP contribution in [0.3, 0.4) is 0 Å². The zero-order valence-electron chi connectivity index (χ0n) is 10.6. The van der Waals surface area contributed by atoms with Crippen LogP contribution in [0.15, 0.2) is 11.1 Å². The Morgan fingerprint density at radius 1 is 1.24 bits per heavy atom. The van der Waals surface area contributed by atoms with E-state index in [-0.39, 0.29) is 12.8 Å².